The molecule has 0 saturated carbocycles. The normalized spacial score (nSPS) is 16.3. The standard InChI is InChI=1S/C14H19ClN2OS.C2H2O4/c1-16(2)7-6-11-9-17(3)14(19)12-8-10(15)4-5-13(12)18-11;3-1(4)2(5)6/h4-5,8,11H,6-7,9H2,1-3H3;(H,3,4)(H,5,6). The van der Waals surface area contributed by atoms with Crippen LogP contribution in [-0.2, 0) is 9.59 Å². The maximum Gasteiger partial charge on any atom is 0.414 e. The molecular weight excluding hydrogens is 368 g/mol. The first-order valence-corrected chi connectivity index (χ1v) is 8.23. The topological polar surface area (TPSA) is 90.3 Å². The molecule has 1 aliphatic rings. The Hall–Kier alpha value is -1.90. The highest BCUT2D eigenvalue weighted by molar-refractivity contribution is 7.80. The molecule has 0 fully saturated rings. The van der Waals surface area contributed by atoms with Gasteiger partial charge < -0.3 is 24.7 Å². The first-order valence-electron chi connectivity index (χ1n) is 7.44. The second-order valence-electron chi connectivity index (χ2n) is 5.77. The molecule has 1 aromatic rings. The first kappa shape index (κ1) is 21.1. The number of halogens is 1. The molecule has 25 heavy (non-hydrogen) atoms. The largest absolute Gasteiger partial charge is 0.488 e. The van der Waals surface area contributed by atoms with Gasteiger partial charge in [0.1, 0.15) is 16.8 Å². The van der Waals surface area contributed by atoms with Crippen LogP contribution in [0.1, 0.15) is 12.0 Å². The summed E-state index contributed by atoms with van der Waals surface area (Å²) in [5.74, 6) is -2.81. The molecule has 0 spiro atoms. The fourth-order valence-corrected chi connectivity index (χ4v) is 2.54. The predicted molar refractivity (Wildman–Crippen MR) is 98.6 cm³/mol. The second kappa shape index (κ2) is 9.55. The summed E-state index contributed by atoms with van der Waals surface area (Å²) in [6.07, 6.45) is 1.12. The number of nitrogens with zero attached hydrogens (tertiary/aromatic N) is 2. The Labute approximate surface area is 156 Å². The molecule has 2 rings (SSSR count). The highest BCUT2D eigenvalue weighted by Crippen LogP contribution is 2.28. The number of hydrogen-bond donors (Lipinski definition) is 2. The van der Waals surface area contributed by atoms with Crippen LogP contribution in [0.15, 0.2) is 18.2 Å². The molecule has 9 heteroatoms. The van der Waals surface area contributed by atoms with Crippen LogP contribution in [0, 0.1) is 0 Å². The monoisotopic (exact) mass is 388 g/mol. The van der Waals surface area contributed by atoms with Gasteiger partial charge in [0.2, 0.25) is 0 Å². The fraction of sp³-hybridized carbons (Fsp3) is 0.438. The maximum absolute atomic E-state index is 9.10. The van der Waals surface area contributed by atoms with Gasteiger partial charge in [-0.05, 0) is 38.7 Å². The van der Waals surface area contributed by atoms with E-state index in [9.17, 15) is 0 Å². The van der Waals surface area contributed by atoms with E-state index in [1.165, 1.54) is 0 Å². The van der Waals surface area contributed by atoms with E-state index in [0.717, 1.165) is 35.8 Å². The van der Waals surface area contributed by atoms with Crippen LogP contribution in [0.2, 0.25) is 5.02 Å². The van der Waals surface area contributed by atoms with Gasteiger partial charge in [-0.1, -0.05) is 23.8 Å². The molecule has 0 saturated heterocycles. The minimum absolute atomic E-state index is 0.146. The van der Waals surface area contributed by atoms with Crippen molar-refractivity contribution in [2.75, 3.05) is 34.2 Å². The van der Waals surface area contributed by atoms with Gasteiger partial charge in [0, 0.05) is 18.6 Å². The number of carbonyl (C=O) groups is 2. The van der Waals surface area contributed by atoms with Crippen molar-refractivity contribution in [1.29, 1.82) is 0 Å². The van der Waals surface area contributed by atoms with Gasteiger partial charge in [0.05, 0.1) is 12.1 Å². The van der Waals surface area contributed by atoms with Crippen molar-refractivity contribution < 1.29 is 24.5 Å². The van der Waals surface area contributed by atoms with Gasteiger partial charge in [-0.3, -0.25) is 0 Å². The third-order valence-corrected chi connectivity index (χ3v) is 4.14. The van der Waals surface area contributed by atoms with Gasteiger partial charge in [0.15, 0.2) is 0 Å². The molecule has 0 aliphatic carbocycles. The quantitative estimate of drug-likeness (QED) is 0.598. The van der Waals surface area contributed by atoms with Crippen molar-refractivity contribution in [3.63, 3.8) is 0 Å². The van der Waals surface area contributed by atoms with E-state index in [4.69, 9.17) is 48.4 Å². The third-order valence-electron chi connectivity index (χ3n) is 3.37. The summed E-state index contributed by atoms with van der Waals surface area (Å²) >= 11 is 11.5. The van der Waals surface area contributed by atoms with Gasteiger partial charge in [-0.15, -0.1) is 0 Å². The number of carboxylic acid groups (broad SMARTS) is 2. The lowest BCUT2D eigenvalue weighted by molar-refractivity contribution is -0.159. The lowest BCUT2D eigenvalue weighted by Gasteiger charge is -2.22. The molecule has 1 heterocycles. The number of thiocarbonyl (C=S) groups is 1. The number of fused-ring (bicyclic) bond motifs is 1. The molecular formula is C16H21ClN2O5S. The lowest BCUT2D eigenvalue weighted by atomic mass is 10.2. The van der Waals surface area contributed by atoms with Gasteiger partial charge in [0.25, 0.3) is 0 Å². The van der Waals surface area contributed by atoms with Crippen molar-refractivity contribution in [2.24, 2.45) is 0 Å². The highest BCUT2D eigenvalue weighted by atomic mass is 35.5. The lowest BCUT2D eigenvalue weighted by Crippen LogP contribution is -2.35. The van der Waals surface area contributed by atoms with Crippen LogP contribution in [0.4, 0.5) is 0 Å². The molecule has 0 amide bonds. The Balaban J connectivity index is 0.000000450. The van der Waals surface area contributed by atoms with Gasteiger partial charge >= 0.3 is 11.9 Å². The number of benzene rings is 1. The second-order valence-corrected chi connectivity index (χ2v) is 6.59. The van der Waals surface area contributed by atoms with E-state index in [2.05, 4.69) is 23.9 Å². The summed E-state index contributed by atoms with van der Waals surface area (Å²) in [6.45, 7) is 1.80. The first-order chi connectivity index (χ1) is 11.6. The van der Waals surface area contributed by atoms with E-state index >= 15 is 0 Å². The molecule has 1 aromatic carbocycles. The molecule has 0 radical (unpaired) electrons. The Morgan fingerprint density at radius 1 is 1.36 bits per heavy atom. The zero-order valence-electron chi connectivity index (χ0n) is 14.2. The van der Waals surface area contributed by atoms with Crippen LogP contribution in [0.25, 0.3) is 0 Å². The summed E-state index contributed by atoms with van der Waals surface area (Å²) in [6, 6.07) is 5.63. The molecule has 0 aromatic heterocycles. The molecule has 1 atom stereocenters. The Morgan fingerprint density at radius 3 is 2.48 bits per heavy atom. The molecule has 2 N–H and O–H groups in total. The van der Waals surface area contributed by atoms with E-state index < -0.39 is 11.9 Å². The summed E-state index contributed by atoms with van der Waals surface area (Å²) in [7, 11) is 6.14. The van der Waals surface area contributed by atoms with Crippen molar-refractivity contribution in [1.82, 2.24) is 9.80 Å². The number of rotatable bonds is 3. The molecule has 0 bridgehead atoms. The van der Waals surface area contributed by atoms with Crippen LogP contribution in [0.5, 0.6) is 5.75 Å². The minimum atomic E-state index is -1.82. The maximum atomic E-state index is 9.10. The Morgan fingerprint density at radius 2 is 1.96 bits per heavy atom. The molecule has 7 nitrogen and oxygen atoms in total. The SMILES string of the molecule is CN(C)CCC1CN(C)C(=S)c2cc(Cl)ccc2O1.O=C(O)C(=O)O. The van der Waals surface area contributed by atoms with Crippen molar-refractivity contribution >= 4 is 40.7 Å². The summed E-state index contributed by atoms with van der Waals surface area (Å²) in [5, 5.41) is 15.5. The average Bonchev–Trinajstić information content (AvgIpc) is 2.64. The van der Waals surface area contributed by atoms with Crippen LogP contribution < -0.4 is 4.74 Å². The van der Waals surface area contributed by atoms with Crippen molar-refractivity contribution in [3.8, 4) is 5.75 Å². The number of ether oxygens (including phenoxy) is 1. The summed E-state index contributed by atoms with van der Waals surface area (Å²) in [5.41, 5.74) is 0.914. The Bertz CT molecular complexity index is 641. The minimum Gasteiger partial charge on any atom is -0.488 e. The van der Waals surface area contributed by atoms with Gasteiger partial charge in [-0.25, -0.2) is 9.59 Å². The number of hydrogen-bond acceptors (Lipinski definition) is 5. The van der Waals surface area contributed by atoms with Crippen molar-refractivity contribution in [2.45, 2.75) is 12.5 Å². The predicted octanol–water partition coefficient (Wildman–Crippen LogP) is 1.82. The summed E-state index contributed by atoms with van der Waals surface area (Å²) in [4.78, 5) is 23.2. The van der Waals surface area contributed by atoms with Crippen LogP contribution in [-0.4, -0.2) is 77.3 Å². The van der Waals surface area contributed by atoms with E-state index in [-0.39, 0.29) is 6.10 Å². The average molecular weight is 389 g/mol. The molecule has 138 valence electrons. The van der Waals surface area contributed by atoms with E-state index in [1.807, 2.05) is 25.2 Å². The van der Waals surface area contributed by atoms with E-state index in [1.54, 1.807) is 0 Å². The third kappa shape index (κ3) is 6.85. The fourth-order valence-electron chi connectivity index (χ4n) is 2.14. The van der Waals surface area contributed by atoms with E-state index in [0.29, 0.717) is 5.02 Å². The van der Waals surface area contributed by atoms with Crippen molar-refractivity contribution in [3.05, 3.63) is 28.8 Å². The highest BCUT2D eigenvalue weighted by Gasteiger charge is 2.24. The Kier molecular flexibility index (Phi) is 8.08. The number of likely N-dealkylation sites (N-methyl/N-ethyl adjacent to an activating group) is 1. The number of carboxylic acids is 2. The number of aliphatic carboxylic acids is 2. The van der Waals surface area contributed by atoms with Crippen LogP contribution in [0.3, 0.4) is 0 Å². The van der Waals surface area contributed by atoms with Crippen LogP contribution >= 0.6 is 23.8 Å². The zero-order chi connectivity index (χ0) is 19.1. The summed E-state index contributed by atoms with van der Waals surface area (Å²) < 4.78 is 6.09. The van der Waals surface area contributed by atoms with Gasteiger partial charge in [-0.2, -0.15) is 0 Å². The smallest absolute Gasteiger partial charge is 0.414 e. The zero-order valence-corrected chi connectivity index (χ0v) is 15.8. The molecule has 1 unspecified atom stereocenters. The molecule has 1 aliphatic heterocycles.